The molecule has 0 saturated carbocycles. The molecule has 0 bridgehead atoms. The maximum absolute atomic E-state index is 13.1. The summed E-state index contributed by atoms with van der Waals surface area (Å²) in [5.41, 5.74) is 9.27. The summed E-state index contributed by atoms with van der Waals surface area (Å²) < 4.78 is 67.1. The van der Waals surface area contributed by atoms with Gasteiger partial charge >= 0.3 is 6.18 Å². The van der Waals surface area contributed by atoms with Gasteiger partial charge in [0.25, 0.3) is 9.05 Å². The zero-order valence-corrected chi connectivity index (χ0v) is 14.1. The monoisotopic (exact) mass is 386 g/mol. The first-order valence-corrected chi connectivity index (χ1v) is 8.46. The van der Waals surface area contributed by atoms with Gasteiger partial charge in [-0.1, -0.05) is 0 Å². The summed E-state index contributed by atoms with van der Waals surface area (Å²) in [5, 5.41) is 9.03. The standard InChI is InChI=1S/C13H14ClF3N2O4S/c1-6(3-11(18)20)12(19)7-4-10(24(14,21)22)8(13(15,16)17)5-9(7)23-2/h3-5,20H,18-19H2,1-2H3/b11-3+,12-6-. The van der Waals surface area contributed by atoms with Crippen molar-refractivity contribution in [3.05, 3.63) is 40.8 Å². The Kier molecular flexibility index (Phi) is 5.67. The lowest BCUT2D eigenvalue weighted by atomic mass is 10.0. The normalized spacial score (nSPS) is 14.3. The fourth-order valence-corrected chi connectivity index (χ4v) is 2.95. The molecule has 0 aliphatic heterocycles. The number of halogens is 4. The van der Waals surface area contributed by atoms with Crippen molar-refractivity contribution in [2.75, 3.05) is 7.11 Å². The minimum Gasteiger partial charge on any atom is -0.496 e. The van der Waals surface area contributed by atoms with E-state index in [1.54, 1.807) is 0 Å². The maximum Gasteiger partial charge on any atom is 0.417 e. The number of allylic oxidation sites excluding steroid dienone is 2. The van der Waals surface area contributed by atoms with Crippen LogP contribution in [-0.2, 0) is 15.2 Å². The van der Waals surface area contributed by atoms with Crippen LogP contribution in [0.1, 0.15) is 18.1 Å². The number of benzene rings is 1. The lowest BCUT2D eigenvalue weighted by Gasteiger charge is -2.17. The molecule has 0 heterocycles. The van der Waals surface area contributed by atoms with Gasteiger partial charge in [-0.2, -0.15) is 13.2 Å². The van der Waals surface area contributed by atoms with E-state index in [1.165, 1.54) is 6.92 Å². The van der Waals surface area contributed by atoms with Gasteiger partial charge in [0.2, 0.25) is 0 Å². The Morgan fingerprint density at radius 2 is 1.88 bits per heavy atom. The molecule has 1 aromatic carbocycles. The number of alkyl halides is 3. The van der Waals surface area contributed by atoms with E-state index in [4.69, 9.17) is 32.0 Å². The number of hydrogen-bond donors (Lipinski definition) is 3. The van der Waals surface area contributed by atoms with E-state index >= 15 is 0 Å². The van der Waals surface area contributed by atoms with Crippen molar-refractivity contribution in [1.82, 2.24) is 0 Å². The Labute approximate surface area is 140 Å². The van der Waals surface area contributed by atoms with Gasteiger partial charge in [-0.15, -0.1) is 0 Å². The van der Waals surface area contributed by atoms with E-state index in [9.17, 15) is 21.6 Å². The van der Waals surface area contributed by atoms with Crippen LogP contribution in [0.15, 0.2) is 34.6 Å². The molecular weight excluding hydrogens is 373 g/mol. The zero-order chi connectivity index (χ0) is 18.9. The second-order valence-corrected chi connectivity index (χ2v) is 7.18. The summed E-state index contributed by atoms with van der Waals surface area (Å²) in [5.74, 6) is -0.917. The number of hydrogen-bond acceptors (Lipinski definition) is 6. The average Bonchev–Trinajstić information content (AvgIpc) is 2.42. The van der Waals surface area contributed by atoms with Crippen LogP contribution in [0, 0.1) is 0 Å². The van der Waals surface area contributed by atoms with Crippen LogP contribution in [0.3, 0.4) is 0 Å². The number of rotatable bonds is 4. The number of aliphatic hydroxyl groups excluding tert-OH is 1. The van der Waals surface area contributed by atoms with Crippen molar-refractivity contribution in [1.29, 1.82) is 0 Å². The fourth-order valence-electron chi connectivity index (χ4n) is 1.87. The van der Waals surface area contributed by atoms with E-state index in [0.29, 0.717) is 12.1 Å². The van der Waals surface area contributed by atoms with Crippen LogP contribution in [-0.4, -0.2) is 20.6 Å². The minimum atomic E-state index is -4.98. The molecule has 0 spiro atoms. The molecule has 0 unspecified atom stereocenters. The van der Waals surface area contributed by atoms with Gasteiger partial charge in [0.1, 0.15) is 5.75 Å². The van der Waals surface area contributed by atoms with Crippen molar-refractivity contribution < 1.29 is 31.4 Å². The molecule has 1 rings (SSSR count). The van der Waals surface area contributed by atoms with Gasteiger partial charge in [-0.3, -0.25) is 0 Å². The highest BCUT2D eigenvalue weighted by atomic mass is 35.7. The lowest BCUT2D eigenvalue weighted by molar-refractivity contribution is -0.140. The summed E-state index contributed by atoms with van der Waals surface area (Å²) in [6, 6.07) is 1.14. The van der Waals surface area contributed by atoms with Gasteiger partial charge in [0, 0.05) is 28.0 Å². The molecule has 0 radical (unpaired) electrons. The summed E-state index contributed by atoms with van der Waals surface area (Å²) in [7, 11) is 1.48. The van der Waals surface area contributed by atoms with Gasteiger partial charge in [0.15, 0.2) is 5.88 Å². The highest BCUT2D eigenvalue weighted by Crippen LogP contribution is 2.40. The SMILES string of the molecule is COc1cc(C(F)(F)F)c(S(=O)(=O)Cl)cc1/C(N)=C(C)/C=C(\N)O. The van der Waals surface area contributed by atoms with Gasteiger partial charge in [-0.25, -0.2) is 8.42 Å². The Morgan fingerprint density at radius 1 is 1.33 bits per heavy atom. The summed E-state index contributed by atoms with van der Waals surface area (Å²) >= 11 is 0. The Balaban J connectivity index is 3.86. The topological polar surface area (TPSA) is 116 Å². The van der Waals surface area contributed by atoms with Crippen molar-refractivity contribution in [2.45, 2.75) is 18.0 Å². The molecule has 0 atom stereocenters. The second kappa shape index (κ2) is 6.81. The quantitative estimate of drug-likeness (QED) is 0.416. The number of ether oxygens (including phenoxy) is 1. The first-order chi connectivity index (χ1) is 10.8. The molecule has 0 aromatic heterocycles. The largest absolute Gasteiger partial charge is 0.496 e. The Bertz CT molecular complexity index is 813. The highest BCUT2D eigenvalue weighted by molar-refractivity contribution is 8.13. The van der Waals surface area contributed by atoms with Crippen molar-refractivity contribution in [3.63, 3.8) is 0 Å². The predicted molar refractivity (Wildman–Crippen MR) is 82.7 cm³/mol. The first-order valence-electron chi connectivity index (χ1n) is 6.15. The van der Waals surface area contributed by atoms with Crippen LogP contribution < -0.4 is 16.2 Å². The minimum absolute atomic E-state index is 0.153. The van der Waals surface area contributed by atoms with Crippen LogP contribution in [0.5, 0.6) is 5.75 Å². The van der Waals surface area contributed by atoms with Crippen LogP contribution in [0.2, 0.25) is 0 Å². The van der Waals surface area contributed by atoms with E-state index in [-0.39, 0.29) is 22.6 Å². The fraction of sp³-hybridized carbons (Fsp3) is 0.231. The third-order valence-electron chi connectivity index (χ3n) is 2.95. The molecule has 134 valence electrons. The Hall–Kier alpha value is -2.07. The van der Waals surface area contributed by atoms with Gasteiger partial charge < -0.3 is 21.3 Å². The molecule has 0 amide bonds. The van der Waals surface area contributed by atoms with E-state index in [0.717, 1.165) is 13.2 Å². The third kappa shape index (κ3) is 4.48. The van der Waals surface area contributed by atoms with Crippen molar-refractivity contribution >= 4 is 25.4 Å². The number of aliphatic hydroxyl groups is 1. The molecule has 6 nitrogen and oxygen atoms in total. The van der Waals surface area contributed by atoms with E-state index in [2.05, 4.69) is 0 Å². The van der Waals surface area contributed by atoms with E-state index in [1.807, 2.05) is 0 Å². The van der Waals surface area contributed by atoms with Crippen LogP contribution in [0.25, 0.3) is 5.70 Å². The average molecular weight is 387 g/mol. The molecule has 0 fully saturated rings. The third-order valence-corrected chi connectivity index (χ3v) is 4.31. The molecule has 24 heavy (non-hydrogen) atoms. The molecule has 0 aliphatic rings. The maximum atomic E-state index is 13.1. The van der Waals surface area contributed by atoms with Gasteiger partial charge in [-0.05, 0) is 24.6 Å². The van der Waals surface area contributed by atoms with Crippen LogP contribution in [0.4, 0.5) is 13.2 Å². The predicted octanol–water partition coefficient (Wildman–Crippen LogP) is 2.69. The smallest absolute Gasteiger partial charge is 0.417 e. The van der Waals surface area contributed by atoms with Crippen molar-refractivity contribution in [2.24, 2.45) is 11.5 Å². The van der Waals surface area contributed by atoms with Crippen molar-refractivity contribution in [3.8, 4) is 5.75 Å². The molecule has 0 aliphatic carbocycles. The molecule has 1 aromatic rings. The van der Waals surface area contributed by atoms with Crippen LogP contribution >= 0.6 is 10.7 Å². The zero-order valence-electron chi connectivity index (χ0n) is 12.5. The molecule has 0 saturated heterocycles. The molecule has 11 heteroatoms. The lowest BCUT2D eigenvalue weighted by Crippen LogP contribution is -2.13. The summed E-state index contributed by atoms with van der Waals surface area (Å²) in [6.07, 6.45) is -3.94. The first kappa shape index (κ1) is 20.0. The molecule has 5 N–H and O–H groups in total. The summed E-state index contributed by atoms with van der Waals surface area (Å²) in [4.78, 5) is -1.16. The Morgan fingerprint density at radius 3 is 2.25 bits per heavy atom. The number of methoxy groups -OCH3 is 1. The molecular formula is C13H14ClF3N2O4S. The number of nitrogens with two attached hydrogens (primary N) is 2. The summed E-state index contributed by atoms with van der Waals surface area (Å²) in [6.45, 7) is 1.41. The highest BCUT2D eigenvalue weighted by Gasteiger charge is 2.38. The van der Waals surface area contributed by atoms with E-state index < -0.39 is 31.6 Å². The van der Waals surface area contributed by atoms with Gasteiger partial charge in [0.05, 0.1) is 17.6 Å². The second-order valence-electron chi connectivity index (χ2n) is 4.65.